The van der Waals surface area contributed by atoms with Crippen molar-refractivity contribution in [3.63, 3.8) is 0 Å². The van der Waals surface area contributed by atoms with Crippen molar-refractivity contribution >= 4 is 23.6 Å². The maximum Gasteiger partial charge on any atom is 0.341 e. The SMILES string of the molecule is COc1ccc(SCC(=O)NCCc2ccc(OCC(=O)O)cc2)cc1. The minimum absolute atomic E-state index is 0.0211. The summed E-state index contributed by atoms with van der Waals surface area (Å²) in [6.45, 7) is 0.179. The first-order valence-electron chi connectivity index (χ1n) is 8.04. The molecule has 0 heterocycles. The molecule has 0 aliphatic rings. The minimum Gasteiger partial charge on any atom is -0.497 e. The van der Waals surface area contributed by atoms with Gasteiger partial charge in [-0.1, -0.05) is 12.1 Å². The van der Waals surface area contributed by atoms with E-state index in [1.807, 2.05) is 36.4 Å². The predicted octanol–water partition coefficient (Wildman–Crippen LogP) is 2.61. The van der Waals surface area contributed by atoms with E-state index in [-0.39, 0.29) is 12.5 Å². The normalized spacial score (nSPS) is 10.2. The average molecular weight is 375 g/mol. The molecule has 26 heavy (non-hydrogen) atoms. The van der Waals surface area contributed by atoms with Crippen LogP contribution in [0, 0.1) is 0 Å². The Morgan fingerprint density at radius 1 is 1.04 bits per heavy atom. The Morgan fingerprint density at radius 3 is 2.31 bits per heavy atom. The highest BCUT2D eigenvalue weighted by Gasteiger charge is 2.04. The summed E-state index contributed by atoms with van der Waals surface area (Å²) in [5, 5.41) is 11.5. The Hall–Kier alpha value is -2.67. The van der Waals surface area contributed by atoms with E-state index in [0.29, 0.717) is 24.5 Å². The standard InChI is InChI=1S/C19H21NO5S/c1-24-15-6-8-17(9-7-15)26-13-18(21)20-11-10-14-2-4-16(5-3-14)25-12-19(22)23/h2-9H,10-13H2,1H3,(H,20,21)(H,22,23). The molecule has 0 atom stereocenters. The van der Waals surface area contributed by atoms with Crippen LogP contribution in [0.25, 0.3) is 0 Å². The van der Waals surface area contributed by atoms with Crippen LogP contribution in [0.1, 0.15) is 5.56 Å². The lowest BCUT2D eigenvalue weighted by molar-refractivity contribution is -0.139. The van der Waals surface area contributed by atoms with E-state index in [9.17, 15) is 9.59 Å². The Morgan fingerprint density at radius 2 is 1.69 bits per heavy atom. The first-order chi connectivity index (χ1) is 12.6. The zero-order valence-corrected chi connectivity index (χ0v) is 15.3. The number of hydrogen-bond donors (Lipinski definition) is 2. The van der Waals surface area contributed by atoms with Gasteiger partial charge in [-0.25, -0.2) is 4.79 Å². The fraction of sp³-hybridized carbons (Fsp3) is 0.263. The van der Waals surface area contributed by atoms with E-state index in [1.54, 1.807) is 19.2 Å². The summed E-state index contributed by atoms with van der Waals surface area (Å²) >= 11 is 1.47. The molecule has 0 saturated heterocycles. The molecular weight excluding hydrogens is 354 g/mol. The van der Waals surface area contributed by atoms with E-state index in [0.717, 1.165) is 16.2 Å². The van der Waals surface area contributed by atoms with Gasteiger partial charge in [-0.15, -0.1) is 11.8 Å². The molecule has 2 rings (SSSR count). The van der Waals surface area contributed by atoms with Crippen molar-refractivity contribution in [2.24, 2.45) is 0 Å². The van der Waals surface area contributed by atoms with Crippen LogP contribution in [0.2, 0.25) is 0 Å². The van der Waals surface area contributed by atoms with Crippen LogP contribution in [0.5, 0.6) is 11.5 Å². The van der Waals surface area contributed by atoms with Gasteiger partial charge in [0.15, 0.2) is 6.61 Å². The predicted molar refractivity (Wildman–Crippen MR) is 100 cm³/mol. The summed E-state index contributed by atoms with van der Waals surface area (Å²) < 4.78 is 10.2. The second-order valence-corrected chi connectivity index (χ2v) is 6.44. The van der Waals surface area contributed by atoms with Crippen LogP contribution in [-0.4, -0.2) is 43.0 Å². The lowest BCUT2D eigenvalue weighted by atomic mass is 10.1. The molecule has 2 N–H and O–H groups in total. The number of carbonyl (C=O) groups is 2. The molecule has 0 fully saturated rings. The molecule has 0 aromatic heterocycles. The molecule has 0 aliphatic carbocycles. The molecule has 6 nitrogen and oxygen atoms in total. The molecule has 2 aromatic rings. The maximum atomic E-state index is 11.9. The lowest BCUT2D eigenvalue weighted by Gasteiger charge is -2.07. The van der Waals surface area contributed by atoms with Gasteiger partial charge in [0.2, 0.25) is 5.91 Å². The Bertz CT molecular complexity index is 716. The van der Waals surface area contributed by atoms with Crippen molar-refractivity contribution in [2.45, 2.75) is 11.3 Å². The average Bonchev–Trinajstić information content (AvgIpc) is 2.66. The monoisotopic (exact) mass is 375 g/mol. The van der Waals surface area contributed by atoms with E-state index in [2.05, 4.69) is 5.32 Å². The van der Waals surface area contributed by atoms with E-state index < -0.39 is 5.97 Å². The van der Waals surface area contributed by atoms with Gasteiger partial charge >= 0.3 is 5.97 Å². The number of aliphatic carboxylic acids is 1. The van der Waals surface area contributed by atoms with Gasteiger partial charge in [0.05, 0.1) is 12.9 Å². The van der Waals surface area contributed by atoms with E-state index in [1.165, 1.54) is 11.8 Å². The lowest BCUT2D eigenvalue weighted by Crippen LogP contribution is -2.27. The quantitative estimate of drug-likeness (QED) is 0.621. The highest BCUT2D eigenvalue weighted by Crippen LogP contribution is 2.20. The second kappa shape index (κ2) is 10.4. The maximum absolute atomic E-state index is 11.9. The van der Waals surface area contributed by atoms with Crippen molar-refractivity contribution in [1.82, 2.24) is 5.32 Å². The van der Waals surface area contributed by atoms with Crippen molar-refractivity contribution in [1.29, 1.82) is 0 Å². The highest BCUT2D eigenvalue weighted by atomic mass is 32.2. The highest BCUT2D eigenvalue weighted by molar-refractivity contribution is 8.00. The van der Waals surface area contributed by atoms with Crippen molar-refractivity contribution in [3.8, 4) is 11.5 Å². The second-order valence-electron chi connectivity index (χ2n) is 5.39. The first-order valence-corrected chi connectivity index (χ1v) is 9.02. The fourth-order valence-corrected chi connectivity index (χ4v) is 2.84. The number of amides is 1. The van der Waals surface area contributed by atoms with Gasteiger partial charge in [0.1, 0.15) is 11.5 Å². The van der Waals surface area contributed by atoms with Crippen LogP contribution < -0.4 is 14.8 Å². The van der Waals surface area contributed by atoms with Gasteiger partial charge in [-0.2, -0.15) is 0 Å². The number of rotatable bonds is 10. The van der Waals surface area contributed by atoms with Crippen molar-refractivity contribution in [3.05, 3.63) is 54.1 Å². The van der Waals surface area contributed by atoms with Gasteiger partial charge in [0, 0.05) is 11.4 Å². The minimum atomic E-state index is -1.01. The number of carboxylic acid groups (broad SMARTS) is 1. The summed E-state index contributed by atoms with van der Waals surface area (Å²) in [4.78, 5) is 23.4. The third kappa shape index (κ3) is 7.06. The molecular formula is C19H21NO5S. The summed E-state index contributed by atoms with van der Waals surface area (Å²) in [5.74, 6) is 0.625. The van der Waals surface area contributed by atoms with Crippen molar-refractivity contribution in [2.75, 3.05) is 26.0 Å². The van der Waals surface area contributed by atoms with Gasteiger partial charge < -0.3 is 19.9 Å². The molecule has 0 aliphatic heterocycles. The largest absolute Gasteiger partial charge is 0.497 e. The molecule has 1 amide bonds. The van der Waals surface area contributed by atoms with E-state index >= 15 is 0 Å². The fourth-order valence-electron chi connectivity index (χ4n) is 2.12. The van der Waals surface area contributed by atoms with Crippen LogP contribution >= 0.6 is 11.8 Å². The number of nitrogens with one attached hydrogen (secondary N) is 1. The van der Waals surface area contributed by atoms with Crippen LogP contribution in [0.4, 0.5) is 0 Å². The number of ether oxygens (including phenoxy) is 2. The summed E-state index contributed by atoms with van der Waals surface area (Å²) in [6.07, 6.45) is 0.693. The van der Waals surface area contributed by atoms with Gasteiger partial charge in [-0.3, -0.25) is 4.79 Å². The van der Waals surface area contributed by atoms with Gasteiger partial charge in [-0.05, 0) is 48.4 Å². The van der Waals surface area contributed by atoms with Crippen LogP contribution in [-0.2, 0) is 16.0 Å². The first kappa shape index (κ1) is 19.7. The zero-order valence-electron chi connectivity index (χ0n) is 14.4. The molecule has 0 unspecified atom stereocenters. The Kier molecular flexibility index (Phi) is 7.82. The molecule has 0 radical (unpaired) electrons. The topological polar surface area (TPSA) is 84.9 Å². The third-order valence-electron chi connectivity index (χ3n) is 3.45. The zero-order chi connectivity index (χ0) is 18.8. The summed E-state index contributed by atoms with van der Waals surface area (Å²) in [7, 11) is 1.62. The van der Waals surface area contributed by atoms with Crippen molar-refractivity contribution < 1.29 is 24.2 Å². The molecule has 0 spiro atoms. The molecule has 2 aromatic carbocycles. The smallest absolute Gasteiger partial charge is 0.341 e. The number of hydrogen-bond acceptors (Lipinski definition) is 5. The van der Waals surface area contributed by atoms with E-state index in [4.69, 9.17) is 14.6 Å². The Balaban J connectivity index is 1.66. The summed E-state index contributed by atoms with van der Waals surface area (Å²) in [6, 6.07) is 14.7. The van der Waals surface area contributed by atoms with Crippen LogP contribution in [0.3, 0.4) is 0 Å². The van der Waals surface area contributed by atoms with Gasteiger partial charge in [0.25, 0.3) is 0 Å². The third-order valence-corrected chi connectivity index (χ3v) is 4.46. The number of thioether (sulfide) groups is 1. The number of benzene rings is 2. The molecule has 138 valence electrons. The number of carbonyl (C=O) groups excluding carboxylic acids is 1. The number of methoxy groups -OCH3 is 1. The summed E-state index contributed by atoms with van der Waals surface area (Å²) in [5.41, 5.74) is 1.04. The van der Waals surface area contributed by atoms with Crippen LogP contribution in [0.15, 0.2) is 53.4 Å². The molecule has 0 saturated carbocycles. The number of carboxylic acids is 1. The molecule has 0 bridgehead atoms. The molecule has 7 heteroatoms. The Labute approximate surface area is 156 Å².